The van der Waals surface area contributed by atoms with Gasteiger partial charge in [0.15, 0.2) is 0 Å². The van der Waals surface area contributed by atoms with E-state index in [4.69, 9.17) is 0 Å². The zero-order chi connectivity index (χ0) is 13.9. The lowest BCUT2D eigenvalue weighted by molar-refractivity contribution is 0.237. The summed E-state index contributed by atoms with van der Waals surface area (Å²) >= 11 is 2.01. The molecule has 1 aromatic carbocycles. The van der Waals surface area contributed by atoms with E-state index in [1.54, 1.807) is 12.1 Å². The molecule has 110 valence electrons. The molecule has 0 aromatic heterocycles. The van der Waals surface area contributed by atoms with Crippen LogP contribution in [0.15, 0.2) is 24.3 Å². The van der Waals surface area contributed by atoms with Gasteiger partial charge in [0, 0.05) is 17.3 Å². The highest BCUT2D eigenvalue weighted by Gasteiger charge is 2.34. The normalized spacial score (nSPS) is 33.7. The summed E-state index contributed by atoms with van der Waals surface area (Å²) in [5.41, 5.74) is 0.913. The fraction of sp³-hybridized carbons (Fsp3) is 0.647. The Morgan fingerprint density at radius 3 is 2.65 bits per heavy atom. The first-order valence-corrected chi connectivity index (χ1v) is 9.08. The Balaban J connectivity index is 1.48. The Kier molecular flexibility index (Phi) is 4.67. The third kappa shape index (κ3) is 3.20. The molecular formula is C17H24FNS. The van der Waals surface area contributed by atoms with Gasteiger partial charge in [0.05, 0.1) is 0 Å². The standard InChI is InChI=1S/C17H24FNS/c1-20-15-6-4-5-13(11-15)19-14-9-12(10-14)16-7-2-3-8-17(16)18/h2-3,7-8,12-15,19H,4-6,9-11H2,1H3. The molecule has 20 heavy (non-hydrogen) atoms. The van der Waals surface area contributed by atoms with Gasteiger partial charge in [-0.3, -0.25) is 0 Å². The van der Waals surface area contributed by atoms with Crippen LogP contribution in [0.5, 0.6) is 0 Å². The van der Waals surface area contributed by atoms with Crippen LogP contribution in [0.2, 0.25) is 0 Å². The minimum Gasteiger partial charge on any atom is -0.311 e. The van der Waals surface area contributed by atoms with Crippen LogP contribution in [-0.4, -0.2) is 23.6 Å². The molecule has 1 N–H and O–H groups in total. The van der Waals surface area contributed by atoms with Gasteiger partial charge in [0.2, 0.25) is 0 Å². The van der Waals surface area contributed by atoms with Crippen molar-refractivity contribution in [2.75, 3.05) is 6.26 Å². The minimum atomic E-state index is -0.0314. The van der Waals surface area contributed by atoms with Crippen molar-refractivity contribution in [2.24, 2.45) is 0 Å². The van der Waals surface area contributed by atoms with Crippen LogP contribution in [0.25, 0.3) is 0 Å². The van der Waals surface area contributed by atoms with Crippen LogP contribution in [0, 0.1) is 5.82 Å². The van der Waals surface area contributed by atoms with Gasteiger partial charge in [-0.05, 0) is 55.9 Å². The van der Waals surface area contributed by atoms with Crippen LogP contribution < -0.4 is 5.32 Å². The second kappa shape index (κ2) is 6.48. The van der Waals surface area contributed by atoms with Crippen molar-refractivity contribution in [3.05, 3.63) is 35.6 Å². The minimum absolute atomic E-state index is 0.0314. The van der Waals surface area contributed by atoms with Gasteiger partial charge in [-0.1, -0.05) is 24.6 Å². The predicted octanol–water partition coefficient (Wildman–Crippen LogP) is 4.34. The summed E-state index contributed by atoms with van der Waals surface area (Å²) < 4.78 is 13.7. The molecule has 2 saturated carbocycles. The molecule has 0 radical (unpaired) electrons. The molecule has 0 bridgehead atoms. The molecule has 0 saturated heterocycles. The number of benzene rings is 1. The van der Waals surface area contributed by atoms with E-state index in [0.717, 1.165) is 23.7 Å². The van der Waals surface area contributed by atoms with Crippen LogP contribution in [-0.2, 0) is 0 Å². The smallest absolute Gasteiger partial charge is 0.126 e. The van der Waals surface area contributed by atoms with Crippen molar-refractivity contribution in [2.45, 2.75) is 61.8 Å². The fourth-order valence-corrected chi connectivity index (χ4v) is 4.48. The average Bonchev–Trinajstić information content (AvgIpc) is 2.44. The Morgan fingerprint density at radius 1 is 1.10 bits per heavy atom. The molecule has 0 aliphatic heterocycles. The molecule has 2 aliphatic carbocycles. The molecule has 3 rings (SSSR count). The van der Waals surface area contributed by atoms with Crippen molar-refractivity contribution in [1.82, 2.24) is 5.32 Å². The topological polar surface area (TPSA) is 12.0 Å². The van der Waals surface area contributed by atoms with Gasteiger partial charge in [0.25, 0.3) is 0 Å². The quantitative estimate of drug-likeness (QED) is 0.886. The molecule has 1 nitrogen and oxygen atoms in total. The first-order valence-electron chi connectivity index (χ1n) is 7.79. The predicted molar refractivity (Wildman–Crippen MR) is 84.9 cm³/mol. The number of rotatable bonds is 4. The van der Waals surface area contributed by atoms with E-state index < -0.39 is 0 Å². The molecule has 2 unspecified atom stereocenters. The number of nitrogens with one attached hydrogen (secondary N) is 1. The third-order valence-corrected chi connectivity index (χ3v) is 6.01. The molecule has 2 aliphatic rings. The van der Waals surface area contributed by atoms with Crippen LogP contribution in [0.4, 0.5) is 4.39 Å². The van der Waals surface area contributed by atoms with Crippen molar-refractivity contribution in [3.8, 4) is 0 Å². The van der Waals surface area contributed by atoms with Crippen LogP contribution >= 0.6 is 11.8 Å². The van der Waals surface area contributed by atoms with E-state index in [9.17, 15) is 4.39 Å². The maximum atomic E-state index is 13.7. The lowest BCUT2D eigenvalue weighted by Crippen LogP contribution is -2.47. The van der Waals surface area contributed by atoms with Gasteiger partial charge < -0.3 is 5.32 Å². The molecular weight excluding hydrogens is 269 g/mol. The molecule has 3 heteroatoms. The van der Waals surface area contributed by atoms with E-state index in [-0.39, 0.29) is 5.82 Å². The fourth-order valence-electron chi connectivity index (χ4n) is 3.66. The van der Waals surface area contributed by atoms with E-state index in [1.165, 1.54) is 25.7 Å². The highest BCUT2D eigenvalue weighted by molar-refractivity contribution is 7.99. The van der Waals surface area contributed by atoms with Crippen molar-refractivity contribution in [1.29, 1.82) is 0 Å². The van der Waals surface area contributed by atoms with Crippen LogP contribution in [0.3, 0.4) is 0 Å². The van der Waals surface area contributed by atoms with Gasteiger partial charge in [-0.2, -0.15) is 11.8 Å². The van der Waals surface area contributed by atoms with Gasteiger partial charge in [-0.25, -0.2) is 4.39 Å². The van der Waals surface area contributed by atoms with E-state index >= 15 is 0 Å². The highest BCUT2D eigenvalue weighted by Crippen LogP contribution is 2.39. The SMILES string of the molecule is CSC1CCCC(NC2CC(c3ccccc3F)C2)C1. The Hall–Kier alpha value is -0.540. The van der Waals surface area contributed by atoms with Gasteiger partial charge >= 0.3 is 0 Å². The van der Waals surface area contributed by atoms with E-state index in [1.807, 2.05) is 23.9 Å². The second-order valence-corrected chi connectivity index (χ2v) is 7.41. The van der Waals surface area contributed by atoms with Crippen molar-refractivity contribution in [3.63, 3.8) is 0 Å². The molecule has 0 heterocycles. The molecule has 0 spiro atoms. The van der Waals surface area contributed by atoms with E-state index in [0.29, 0.717) is 18.0 Å². The summed E-state index contributed by atoms with van der Waals surface area (Å²) in [6.07, 6.45) is 9.78. The zero-order valence-electron chi connectivity index (χ0n) is 12.1. The summed E-state index contributed by atoms with van der Waals surface area (Å²) in [7, 11) is 0. The Labute approximate surface area is 125 Å². The first kappa shape index (κ1) is 14.4. The van der Waals surface area contributed by atoms with Gasteiger partial charge in [-0.15, -0.1) is 0 Å². The summed E-state index contributed by atoms with van der Waals surface area (Å²) in [6, 6.07) is 8.54. The van der Waals surface area contributed by atoms with Crippen molar-refractivity contribution < 1.29 is 4.39 Å². The molecule has 2 fully saturated rings. The first-order chi connectivity index (χ1) is 9.76. The van der Waals surface area contributed by atoms with Gasteiger partial charge in [0.1, 0.15) is 5.82 Å². The number of hydrogen-bond donors (Lipinski definition) is 1. The summed E-state index contributed by atoms with van der Waals surface area (Å²) in [4.78, 5) is 0. The summed E-state index contributed by atoms with van der Waals surface area (Å²) in [6.45, 7) is 0. The Bertz CT molecular complexity index is 444. The molecule has 2 atom stereocenters. The highest BCUT2D eigenvalue weighted by atomic mass is 32.2. The lowest BCUT2D eigenvalue weighted by atomic mass is 9.75. The lowest BCUT2D eigenvalue weighted by Gasteiger charge is -2.40. The summed E-state index contributed by atoms with van der Waals surface area (Å²) in [5.74, 6) is 0.393. The number of thioether (sulfide) groups is 1. The molecule has 0 amide bonds. The third-order valence-electron chi connectivity index (χ3n) is 4.91. The van der Waals surface area contributed by atoms with Crippen LogP contribution in [0.1, 0.15) is 50.0 Å². The van der Waals surface area contributed by atoms with Crippen molar-refractivity contribution >= 4 is 11.8 Å². The maximum absolute atomic E-state index is 13.7. The number of hydrogen-bond acceptors (Lipinski definition) is 2. The van der Waals surface area contributed by atoms with E-state index in [2.05, 4.69) is 11.6 Å². The summed E-state index contributed by atoms with van der Waals surface area (Å²) in [5, 5.41) is 4.64. The average molecular weight is 293 g/mol. The largest absolute Gasteiger partial charge is 0.311 e. The molecule has 1 aromatic rings. The zero-order valence-corrected chi connectivity index (χ0v) is 13.0. The second-order valence-electron chi connectivity index (χ2n) is 6.27. The number of halogens is 1. The monoisotopic (exact) mass is 293 g/mol. The Morgan fingerprint density at radius 2 is 1.90 bits per heavy atom. The maximum Gasteiger partial charge on any atom is 0.126 e.